The third-order valence-corrected chi connectivity index (χ3v) is 7.54. The van der Waals surface area contributed by atoms with Gasteiger partial charge in [-0.15, -0.1) is 0 Å². The van der Waals surface area contributed by atoms with Gasteiger partial charge in [0.2, 0.25) is 5.91 Å². The zero-order chi connectivity index (χ0) is 31.6. The topological polar surface area (TPSA) is 170 Å². The Morgan fingerprint density at radius 1 is 1.07 bits per heavy atom. The van der Waals surface area contributed by atoms with Crippen LogP contribution in [0.5, 0.6) is 5.75 Å². The third kappa shape index (κ3) is 8.27. The molecule has 0 saturated carbocycles. The Morgan fingerprint density at radius 2 is 1.84 bits per heavy atom. The molecule has 232 valence electrons. The first-order valence-corrected chi connectivity index (χ1v) is 14.6. The molecule has 1 atom stereocenters. The maximum Gasteiger partial charge on any atom is 0.407 e. The number of hydrogen-bond donors (Lipinski definition) is 4. The number of fused-ring (bicyclic) bond motifs is 1. The first kappa shape index (κ1) is 31.9. The van der Waals surface area contributed by atoms with Gasteiger partial charge in [-0.25, -0.2) is 14.6 Å². The number of amides is 2. The summed E-state index contributed by atoms with van der Waals surface area (Å²) in [6.45, 7) is 4.88. The Bertz CT molecular complexity index is 1530. The SMILES string of the molecule is Cc1cccc(OCCCC(=O)N2CCCc3c(-c4cccc(COC(=O)NC[C@H](N=C(N)N)C(=O)O)c4)cccc32)c1C. The largest absolute Gasteiger partial charge is 0.493 e. The van der Waals surface area contributed by atoms with E-state index in [4.69, 9.17) is 20.9 Å². The molecule has 11 nitrogen and oxygen atoms in total. The summed E-state index contributed by atoms with van der Waals surface area (Å²) in [7, 11) is 0. The van der Waals surface area contributed by atoms with Crippen molar-refractivity contribution in [3.05, 3.63) is 82.9 Å². The summed E-state index contributed by atoms with van der Waals surface area (Å²) in [6.07, 6.45) is 1.92. The number of nitrogens with zero attached hydrogens (tertiary/aromatic N) is 2. The van der Waals surface area contributed by atoms with Gasteiger partial charge in [0.05, 0.1) is 13.2 Å². The number of ether oxygens (including phenoxy) is 2. The quantitative estimate of drug-likeness (QED) is 0.137. The maximum absolute atomic E-state index is 13.3. The summed E-state index contributed by atoms with van der Waals surface area (Å²) in [5.74, 6) is -0.738. The van der Waals surface area contributed by atoms with Gasteiger partial charge < -0.3 is 36.3 Å². The van der Waals surface area contributed by atoms with Crippen molar-refractivity contribution in [2.45, 2.75) is 52.2 Å². The highest BCUT2D eigenvalue weighted by Crippen LogP contribution is 2.36. The van der Waals surface area contributed by atoms with Crippen LogP contribution in [0.25, 0.3) is 11.1 Å². The highest BCUT2D eigenvalue weighted by atomic mass is 16.5. The summed E-state index contributed by atoms with van der Waals surface area (Å²) in [5.41, 5.74) is 17.5. The van der Waals surface area contributed by atoms with E-state index in [1.807, 2.05) is 66.4 Å². The van der Waals surface area contributed by atoms with Gasteiger partial charge in [0.1, 0.15) is 12.4 Å². The smallest absolute Gasteiger partial charge is 0.407 e. The highest BCUT2D eigenvalue weighted by molar-refractivity contribution is 5.96. The van der Waals surface area contributed by atoms with E-state index in [1.165, 1.54) is 5.56 Å². The summed E-state index contributed by atoms with van der Waals surface area (Å²) >= 11 is 0. The number of carbonyl (C=O) groups is 3. The maximum atomic E-state index is 13.3. The van der Waals surface area contributed by atoms with Crippen LogP contribution in [-0.4, -0.2) is 54.8 Å². The van der Waals surface area contributed by atoms with Crippen LogP contribution < -0.4 is 26.4 Å². The lowest BCUT2D eigenvalue weighted by atomic mass is 9.91. The lowest BCUT2D eigenvalue weighted by molar-refractivity contribution is -0.138. The van der Waals surface area contributed by atoms with Gasteiger partial charge in [0.15, 0.2) is 12.0 Å². The molecule has 0 aliphatic carbocycles. The normalized spacial score (nSPS) is 12.9. The Balaban J connectivity index is 1.37. The van der Waals surface area contributed by atoms with Gasteiger partial charge in [-0.05, 0) is 84.7 Å². The van der Waals surface area contributed by atoms with E-state index < -0.39 is 24.1 Å². The predicted molar refractivity (Wildman–Crippen MR) is 169 cm³/mol. The van der Waals surface area contributed by atoms with Crippen LogP contribution in [0.4, 0.5) is 10.5 Å². The van der Waals surface area contributed by atoms with Crippen molar-refractivity contribution in [3.63, 3.8) is 0 Å². The van der Waals surface area contributed by atoms with Crippen molar-refractivity contribution in [2.75, 3.05) is 24.6 Å². The molecule has 0 radical (unpaired) electrons. The molecule has 0 spiro atoms. The highest BCUT2D eigenvalue weighted by Gasteiger charge is 2.24. The fourth-order valence-corrected chi connectivity index (χ4v) is 5.15. The minimum Gasteiger partial charge on any atom is -0.493 e. The summed E-state index contributed by atoms with van der Waals surface area (Å²) < 4.78 is 11.2. The monoisotopic (exact) mass is 601 g/mol. The predicted octanol–water partition coefficient (Wildman–Crippen LogP) is 4.06. The molecule has 0 fully saturated rings. The lowest BCUT2D eigenvalue weighted by Gasteiger charge is -2.31. The summed E-state index contributed by atoms with van der Waals surface area (Å²) in [6, 6.07) is 18.3. The number of aryl methyl sites for hydroxylation is 1. The van der Waals surface area contributed by atoms with E-state index in [1.54, 1.807) is 0 Å². The first-order valence-electron chi connectivity index (χ1n) is 14.6. The second-order valence-electron chi connectivity index (χ2n) is 10.7. The molecular formula is C33H39N5O6. The molecule has 3 aromatic rings. The zero-order valence-corrected chi connectivity index (χ0v) is 25.0. The van der Waals surface area contributed by atoms with E-state index in [9.17, 15) is 19.5 Å². The molecule has 1 aliphatic rings. The number of carbonyl (C=O) groups excluding carboxylic acids is 2. The molecule has 0 aromatic heterocycles. The second kappa shape index (κ2) is 14.9. The Morgan fingerprint density at radius 3 is 2.61 bits per heavy atom. The number of aliphatic imine (C=N–C) groups is 1. The van der Waals surface area contributed by atoms with Crippen molar-refractivity contribution in [2.24, 2.45) is 16.5 Å². The summed E-state index contributed by atoms with van der Waals surface area (Å²) in [4.78, 5) is 42.2. The van der Waals surface area contributed by atoms with Gasteiger partial charge in [-0.1, -0.05) is 42.5 Å². The zero-order valence-electron chi connectivity index (χ0n) is 25.0. The standard InChI is InChI=1S/C33H39N5O6/c1-21-8-3-14-29(22(21)2)43-17-7-15-30(39)38-16-6-12-26-25(11-5-13-28(26)38)24-10-4-9-23(18-24)20-44-33(42)36-19-27(31(40)41)37-32(34)35/h3-5,8-11,13-14,18,27H,6-7,12,15-17,19-20H2,1-2H3,(H,36,42)(H,40,41)(H4,34,35,37)/t27-/m0/s1. The van der Waals surface area contributed by atoms with Gasteiger partial charge in [-0.3, -0.25) is 4.79 Å². The van der Waals surface area contributed by atoms with Crippen LogP contribution in [0.3, 0.4) is 0 Å². The van der Waals surface area contributed by atoms with E-state index in [2.05, 4.69) is 23.3 Å². The lowest BCUT2D eigenvalue weighted by Crippen LogP contribution is -2.38. The molecule has 1 heterocycles. The Kier molecular flexibility index (Phi) is 10.8. The van der Waals surface area contributed by atoms with E-state index >= 15 is 0 Å². The van der Waals surface area contributed by atoms with Crippen molar-refractivity contribution >= 4 is 29.6 Å². The molecule has 0 saturated heterocycles. The fourth-order valence-electron chi connectivity index (χ4n) is 5.15. The number of alkyl carbamates (subject to hydrolysis) is 1. The molecule has 3 aromatic carbocycles. The van der Waals surface area contributed by atoms with Crippen LogP contribution in [-0.2, 0) is 27.4 Å². The van der Waals surface area contributed by atoms with Gasteiger partial charge in [-0.2, -0.15) is 0 Å². The van der Waals surface area contributed by atoms with Gasteiger partial charge >= 0.3 is 12.1 Å². The number of nitrogens with one attached hydrogen (secondary N) is 1. The number of hydrogen-bond acceptors (Lipinski definition) is 6. The van der Waals surface area contributed by atoms with Crippen molar-refractivity contribution < 1.29 is 29.0 Å². The molecule has 44 heavy (non-hydrogen) atoms. The third-order valence-electron chi connectivity index (χ3n) is 7.54. The number of nitrogens with two attached hydrogens (primary N) is 2. The number of benzene rings is 3. The first-order chi connectivity index (χ1) is 21.1. The molecule has 4 rings (SSSR count). The average molecular weight is 602 g/mol. The number of carboxylic acid groups (broad SMARTS) is 1. The minimum atomic E-state index is -1.32. The van der Waals surface area contributed by atoms with Crippen molar-refractivity contribution in [1.29, 1.82) is 0 Å². The summed E-state index contributed by atoms with van der Waals surface area (Å²) in [5, 5.41) is 11.5. The Hall–Kier alpha value is -5.06. The van der Waals surface area contributed by atoms with Gasteiger partial charge in [0, 0.05) is 18.7 Å². The van der Waals surface area contributed by atoms with Gasteiger partial charge in [0.25, 0.3) is 0 Å². The molecule has 0 unspecified atom stereocenters. The molecule has 11 heteroatoms. The Labute approximate surface area is 256 Å². The number of aliphatic carboxylic acids is 1. The van der Waals surface area contributed by atoms with Crippen LogP contribution in [0.1, 0.15) is 41.5 Å². The fraction of sp³-hybridized carbons (Fsp3) is 0.333. The van der Waals surface area contributed by atoms with Crippen molar-refractivity contribution in [3.8, 4) is 16.9 Å². The second-order valence-corrected chi connectivity index (χ2v) is 10.7. The number of rotatable bonds is 12. The molecular weight excluding hydrogens is 562 g/mol. The number of guanidine groups is 1. The van der Waals surface area contributed by atoms with Crippen LogP contribution in [0.2, 0.25) is 0 Å². The minimum absolute atomic E-state index is 0.0243. The van der Waals surface area contributed by atoms with Crippen LogP contribution >= 0.6 is 0 Å². The van der Waals surface area contributed by atoms with E-state index in [-0.39, 0.29) is 19.1 Å². The van der Waals surface area contributed by atoms with Crippen molar-refractivity contribution in [1.82, 2.24) is 5.32 Å². The number of anilines is 1. The average Bonchev–Trinajstić information content (AvgIpc) is 3.01. The number of carboxylic acids is 1. The van der Waals surface area contributed by atoms with E-state index in [0.29, 0.717) is 26.0 Å². The molecule has 2 amide bonds. The van der Waals surface area contributed by atoms with Crippen LogP contribution in [0.15, 0.2) is 65.7 Å². The molecule has 1 aliphatic heterocycles. The van der Waals surface area contributed by atoms with Crippen LogP contribution in [0, 0.1) is 13.8 Å². The van der Waals surface area contributed by atoms with E-state index in [0.717, 1.165) is 52.1 Å². The molecule has 6 N–H and O–H groups in total. The molecule has 0 bridgehead atoms.